The normalized spacial score (nSPS) is 15.6. The topological polar surface area (TPSA) is 39.1 Å². The van der Waals surface area contributed by atoms with E-state index in [0.29, 0.717) is 17.2 Å². The van der Waals surface area contributed by atoms with Crippen LogP contribution in [0.15, 0.2) is 83.3 Å². The molecule has 1 aliphatic heterocycles. The van der Waals surface area contributed by atoms with Gasteiger partial charge in [-0.25, -0.2) is 4.98 Å². The van der Waals surface area contributed by atoms with Crippen LogP contribution in [0.25, 0.3) is 16.7 Å². The first-order valence-electron chi connectivity index (χ1n) is 9.35. The molecule has 150 valence electrons. The number of benzene rings is 3. The van der Waals surface area contributed by atoms with Gasteiger partial charge in [-0.3, -0.25) is 4.57 Å². The molecule has 1 aromatic heterocycles. The van der Waals surface area contributed by atoms with Crippen LogP contribution in [-0.2, 0) is 0 Å². The molecule has 1 N–H and O–H groups in total. The Morgan fingerprint density at radius 1 is 0.967 bits per heavy atom. The molecule has 1 atom stereocenters. The second-order valence-corrected chi connectivity index (χ2v) is 7.79. The van der Waals surface area contributed by atoms with Crippen molar-refractivity contribution in [2.75, 3.05) is 5.32 Å². The largest absolute Gasteiger partial charge is 0.434 e. The van der Waals surface area contributed by atoms with Crippen LogP contribution in [0.5, 0.6) is 5.75 Å². The average Bonchev–Trinajstić information content (AvgIpc) is 3.12. The zero-order valence-corrected chi connectivity index (χ0v) is 17.2. The molecule has 3 aromatic carbocycles. The van der Waals surface area contributed by atoms with E-state index in [4.69, 9.17) is 9.72 Å². The predicted octanol–water partition coefficient (Wildman–Crippen LogP) is 6.46. The average molecular weight is 468 g/mol. The Bertz CT molecular complexity index is 1250. The fraction of sp³-hybridized carbons (Fsp3) is 0.0870. The quantitative estimate of drug-likeness (QED) is 0.374. The summed E-state index contributed by atoms with van der Waals surface area (Å²) in [6.45, 7) is -2.90. The molecule has 2 heterocycles. The number of nitrogens with zero attached hydrogens (tertiary/aromatic N) is 2. The highest BCUT2D eigenvalue weighted by atomic mass is 79.9. The number of nitrogens with one attached hydrogen (secondary N) is 1. The molecule has 0 fully saturated rings. The third kappa shape index (κ3) is 3.35. The number of hydrogen-bond donors (Lipinski definition) is 1. The van der Waals surface area contributed by atoms with Crippen molar-refractivity contribution in [2.24, 2.45) is 0 Å². The van der Waals surface area contributed by atoms with Crippen LogP contribution in [0, 0.1) is 0 Å². The van der Waals surface area contributed by atoms with Crippen molar-refractivity contribution >= 4 is 38.6 Å². The highest BCUT2D eigenvalue weighted by Gasteiger charge is 2.26. The molecule has 0 unspecified atom stereocenters. The van der Waals surface area contributed by atoms with E-state index >= 15 is 0 Å². The number of anilines is 1. The van der Waals surface area contributed by atoms with Gasteiger partial charge in [0.15, 0.2) is 0 Å². The standard InChI is InChI=1S/C23H16BrF2N3O/c24-15-11-9-14(10-12-15)20-13-18(16-5-1-4-8-21(16)30-22(25)26)28-23-27-17-6-2-3-7-19(17)29(20)23/h1-13,20,22H,(H,27,28)/t20-/m1/s1. The first-order valence-corrected chi connectivity index (χ1v) is 10.1. The van der Waals surface area contributed by atoms with Crippen molar-refractivity contribution < 1.29 is 13.5 Å². The Hall–Kier alpha value is -3.19. The van der Waals surface area contributed by atoms with Crippen LogP contribution in [0.2, 0.25) is 0 Å². The van der Waals surface area contributed by atoms with Gasteiger partial charge in [-0.2, -0.15) is 8.78 Å². The van der Waals surface area contributed by atoms with Gasteiger partial charge in [0.25, 0.3) is 0 Å². The summed E-state index contributed by atoms with van der Waals surface area (Å²) < 4.78 is 33.7. The number of halogens is 3. The van der Waals surface area contributed by atoms with Gasteiger partial charge in [-0.1, -0.05) is 52.3 Å². The van der Waals surface area contributed by atoms with Crippen LogP contribution in [0.1, 0.15) is 17.2 Å². The fourth-order valence-corrected chi connectivity index (χ4v) is 4.02. The number of allylic oxidation sites excluding steroid dienone is 1. The van der Waals surface area contributed by atoms with Gasteiger partial charge in [-0.15, -0.1) is 0 Å². The summed E-state index contributed by atoms with van der Waals surface area (Å²) in [6, 6.07) is 22.5. The van der Waals surface area contributed by atoms with Crippen molar-refractivity contribution in [3.8, 4) is 5.75 Å². The van der Waals surface area contributed by atoms with E-state index in [1.807, 2.05) is 54.6 Å². The highest BCUT2D eigenvalue weighted by Crippen LogP contribution is 2.39. The lowest BCUT2D eigenvalue weighted by molar-refractivity contribution is -0.0500. The molecule has 5 rings (SSSR count). The van der Waals surface area contributed by atoms with Crippen molar-refractivity contribution in [3.63, 3.8) is 0 Å². The molecule has 30 heavy (non-hydrogen) atoms. The van der Waals surface area contributed by atoms with Gasteiger partial charge in [0.05, 0.1) is 22.8 Å². The summed E-state index contributed by atoms with van der Waals surface area (Å²) in [5, 5.41) is 3.31. The molecular weight excluding hydrogens is 452 g/mol. The molecule has 1 aliphatic rings. The van der Waals surface area contributed by atoms with Crippen molar-refractivity contribution in [1.82, 2.24) is 9.55 Å². The van der Waals surface area contributed by atoms with E-state index in [0.717, 1.165) is 21.1 Å². The summed E-state index contributed by atoms with van der Waals surface area (Å²) in [4.78, 5) is 4.73. The summed E-state index contributed by atoms with van der Waals surface area (Å²) in [5.41, 5.74) is 4.11. The van der Waals surface area contributed by atoms with E-state index in [2.05, 4.69) is 25.8 Å². The van der Waals surface area contributed by atoms with Crippen LogP contribution >= 0.6 is 15.9 Å². The minimum Gasteiger partial charge on any atom is -0.434 e. The first-order chi connectivity index (χ1) is 14.6. The number of para-hydroxylation sites is 3. The molecule has 0 aliphatic carbocycles. The van der Waals surface area contributed by atoms with Crippen LogP contribution in [0.3, 0.4) is 0 Å². The molecule has 4 aromatic rings. The predicted molar refractivity (Wildman–Crippen MR) is 117 cm³/mol. The zero-order valence-electron chi connectivity index (χ0n) is 15.6. The summed E-state index contributed by atoms with van der Waals surface area (Å²) >= 11 is 3.48. The second-order valence-electron chi connectivity index (χ2n) is 6.87. The number of rotatable bonds is 4. The Kier molecular flexibility index (Phi) is 4.75. The number of fused-ring (bicyclic) bond motifs is 3. The summed E-state index contributed by atoms with van der Waals surface area (Å²) in [5.74, 6) is 0.763. The number of alkyl halides is 2. The Morgan fingerprint density at radius 2 is 1.70 bits per heavy atom. The summed E-state index contributed by atoms with van der Waals surface area (Å²) in [6.07, 6.45) is 2.01. The van der Waals surface area contributed by atoms with Crippen molar-refractivity contribution in [1.29, 1.82) is 0 Å². The monoisotopic (exact) mass is 467 g/mol. The van der Waals surface area contributed by atoms with Gasteiger partial charge >= 0.3 is 6.61 Å². The first kappa shape index (κ1) is 18.8. The van der Waals surface area contributed by atoms with E-state index in [1.165, 1.54) is 6.07 Å². The number of imidazole rings is 1. The smallest absolute Gasteiger partial charge is 0.387 e. The lowest BCUT2D eigenvalue weighted by Crippen LogP contribution is -2.19. The van der Waals surface area contributed by atoms with Crippen LogP contribution in [0.4, 0.5) is 14.7 Å². The van der Waals surface area contributed by atoms with Gasteiger partial charge in [-0.05, 0) is 48.0 Å². The molecule has 7 heteroatoms. The third-order valence-electron chi connectivity index (χ3n) is 5.05. The number of aromatic nitrogens is 2. The van der Waals surface area contributed by atoms with E-state index in [-0.39, 0.29) is 11.8 Å². The van der Waals surface area contributed by atoms with Crippen LogP contribution < -0.4 is 10.1 Å². The minimum absolute atomic E-state index is 0.116. The van der Waals surface area contributed by atoms with E-state index in [1.54, 1.807) is 18.2 Å². The summed E-state index contributed by atoms with van der Waals surface area (Å²) in [7, 11) is 0. The molecule has 0 saturated heterocycles. The fourth-order valence-electron chi connectivity index (χ4n) is 3.76. The van der Waals surface area contributed by atoms with E-state index < -0.39 is 6.61 Å². The van der Waals surface area contributed by atoms with E-state index in [9.17, 15) is 8.78 Å². The minimum atomic E-state index is -2.90. The molecular formula is C23H16BrF2N3O. The van der Waals surface area contributed by atoms with Gasteiger partial charge in [0.1, 0.15) is 5.75 Å². The maximum Gasteiger partial charge on any atom is 0.387 e. The lowest BCUT2D eigenvalue weighted by atomic mass is 10.0. The molecule has 4 nitrogen and oxygen atoms in total. The molecule has 0 amide bonds. The maximum absolute atomic E-state index is 12.9. The second kappa shape index (κ2) is 7.57. The SMILES string of the molecule is FC(F)Oc1ccccc1C1=C[C@H](c2ccc(Br)cc2)n2c(nc3ccccc32)N1. The highest BCUT2D eigenvalue weighted by molar-refractivity contribution is 9.10. The van der Waals surface area contributed by atoms with Gasteiger partial charge in [0.2, 0.25) is 5.95 Å². The van der Waals surface area contributed by atoms with Gasteiger partial charge in [0, 0.05) is 10.0 Å². The molecule has 0 bridgehead atoms. The van der Waals surface area contributed by atoms with Crippen molar-refractivity contribution in [3.05, 3.63) is 94.5 Å². The Labute approximate surface area is 179 Å². The number of ether oxygens (including phenoxy) is 1. The van der Waals surface area contributed by atoms with Crippen LogP contribution in [-0.4, -0.2) is 16.2 Å². The Balaban J connectivity index is 1.69. The third-order valence-corrected chi connectivity index (χ3v) is 5.58. The maximum atomic E-state index is 12.9. The zero-order chi connectivity index (χ0) is 20.7. The van der Waals surface area contributed by atoms with Crippen molar-refractivity contribution in [2.45, 2.75) is 12.7 Å². The van der Waals surface area contributed by atoms with Gasteiger partial charge < -0.3 is 10.1 Å². The lowest BCUT2D eigenvalue weighted by Gasteiger charge is -2.27. The molecule has 0 spiro atoms. The number of hydrogen-bond acceptors (Lipinski definition) is 3. The molecule has 0 radical (unpaired) electrons. The molecule has 0 saturated carbocycles. The Morgan fingerprint density at radius 3 is 2.50 bits per heavy atom.